The van der Waals surface area contributed by atoms with Gasteiger partial charge in [0.05, 0.1) is 43.3 Å². The number of alkyl halides is 1. The summed E-state index contributed by atoms with van der Waals surface area (Å²) in [5.74, 6) is -1.74. The van der Waals surface area contributed by atoms with Crippen LogP contribution in [0.25, 0.3) is 5.52 Å². The van der Waals surface area contributed by atoms with E-state index in [0.29, 0.717) is 11.2 Å². The van der Waals surface area contributed by atoms with Crippen molar-refractivity contribution in [2.45, 2.75) is 12.6 Å². The van der Waals surface area contributed by atoms with Gasteiger partial charge < -0.3 is 25.4 Å². The molecule has 0 bridgehead atoms. The minimum Gasteiger partial charge on any atom is -0.490 e. The van der Waals surface area contributed by atoms with Gasteiger partial charge in [0.25, 0.3) is 11.8 Å². The number of carbonyl (C=O) groups excluding carboxylic acids is 2. The molecular formula is C19H20FN7O4. The second-order valence-electron chi connectivity index (χ2n) is 6.68. The van der Waals surface area contributed by atoms with Gasteiger partial charge in [-0.2, -0.15) is 10.1 Å². The van der Waals surface area contributed by atoms with Crippen LogP contribution in [0.1, 0.15) is 20.9 Å². The van der Waals surface area contributed by atoms with Gasteiger partial charge in [0.1, 0.15) is 23.8 Å². The zero-order chi connectivity index (χ0) is 24.6. The number of methoxy groups -OCH3 is 2. The second-order valence-corrected chi connectivity index (χ2v) is 6.68. The van der Waals surface area contributed by atoms with Crippen LogP contribution in [0, 0.1) is 5.92 Å². The van der Waals surface area contributed by atoms with E-state index in [1.54, 1.807) is 0 Å². The van der Waals surface area contributed by atoms with E-state index in [0.717, 1.165) is 6.20 Å². The molecule has 162 valence electrons. The molecule has 3 N–H and O–H groups in total. The van der Waals surface area contributed by atoms with Crippen molar-refractivity contribution in [2.24, 2.45) is 5.92 Å². The molecule has 3 aromatic heterocycles. The van der Waals surface area contributed by atoms with Crippen molar-refractivity contribution >= 4 is 34.5 Å². The summed E-state index contributed by atoms with van der Waals surface area (Å²) in [6.45, 7) is -2.74. The second kappa shape index (κ2) is 8.05. The number of aromatic nitrogens is 4. The number of nitrogens with one attached hydrogen (secondary N) is 3. The van der Waals surface area contributed by atoms with E-state index in [1.165, 1.54) is 37.3 Å². The maximum atomic E-state index is 13.2. The van der Waals surface area contributed by atoms with Crippen LogP contribution in [0.4, 0.5) is 21.6 Å². The van der Waals surface area contributed by atoms with Gasteiger partial charge in [-0.25, -0.2) is 13.9 Å². The SMILES string of the molecule is [2H]C([2H])([2H])NC(=O)c1cnc(NC(=O)[C@@H]2C[C@@H]2F)cc1Nc1cnn2cnc(OC)c(OC)c12. The summed E-state index contributed by atoms with van der Waals surface area (Å²) >= 11 is 0. The molecule has 0 radical (unpaired) electrons. The molecule has 0 aliphatic heterocycles. The van der Waals surface area contributed by atoms with Gasteiger partial charge in [-0.1, -0.05) is 0 Å². The topological polar surface area (TPSA) is 132 Å². The number of anilines is 3. The average molecular weight is 432 g/mol. The van der Waals surface area contributed by atoms with Crippen LogP contribution in [0.2, 0.25) is 0 Å². The monoisotopic (exact) mass is 432 g/mol. The molecule has 31 heavy (non-hydrogen) atoms. The number of ether oxygens (including phenoxy) is 2. The Bertz CT molecular complexity index is 1270. The average Bonchev–Trinajstić information content (AvgIpc) is 3.38. The summed E-state index contributed by atoms with van der Waals surface area (Å²) < 4.78 is 47.2. The lowest BCUT2D eigenvalue weighted by molar-refractivity contribution is -0.117. The summed E-state index contributed by atoms with van der Waals surface area (Å²) in [6, 6.07) is 1.33. The first-order valence-corrected chi connectivity index (χ1v) is 9.10. The van der Waals surface area contributed by atoms with Crippen molar-refractivity contribution in [2.75, 3.05) is 31.8 Å². The van der Waals surface area contributed by atoms with Gasteiger partial charge in [0, 0.05) is 23.4 Å². The van der Waals surface area contributed by atoms with Crippen LogP contribution >= 0.6 is 0 Å². The first-order chi connectivity index (χ1) is 16.1. The van der Waals surface area contributed by atoms with Gasteiger partial charge in [-0.05, 0) is 6.42 Å². The Labute approximate surface area is 180 Å². The van der Waals surface area contributed by atoms with Crippen molar-refractivity contribution in [1.29, 1.82) is 0 Å². The Morgan fingerprint density at radius 2 is 2.06 bits per heavy atom. The molecule has 0 spiro atoms. The molecule has 1 saturated carbocycles. The normalized spacial score (nSPS) is 19.0. The van der Waals surface area contributed by atoms with Gasteiger partial charge in [-0.15, -0.1) is 0 Å². The Hall–Kier alpha value is -3.96. The number of rotatable bonds is 7. The first-order valence-electron chi connectivity index (χ1n) is 10.6. The van der Waals surface area contributed by atoms with Crippen LogP contribution in [0.3, 0.4) is 0 Å². The predicted molar refractivity (Wildman–Crippen MR) is 109 cm³/mol. The number of pyridine rings is 1. The van der Waals surface area contributed by atoms with E-state index >= 15 is 0 Å². The van der Waals surface area contributed by atoms with E-state index < -0.39 is 30.9 Å². The van der Waals surface area contributed by atoms with Crippen molar-refractivity contribution in [3.05, 3.63) is 30.4 Å². The molecule has 0 saturated heterocycles. The Kier molecular flexibility index (Phi) is 4.36. The molecule has 2 atom stereocenters. The molecule has 0 unspecified atom stereocenters. The molecule has 11 nitrogen and oxygen atoms in total. The van der Waals surface area contributed by atoms with Crippen LogP contribution in [0.15, 0.2) is 24.8 Å². The fourth-order valence-corrected chi connectivity index (χ4v) is 3.04. The zero-order valence-corrected chi connectivity index (χ0v) is 16.5. The van der Waals surface area contributed by atoms with E-state index in [1.807, 2.05) is 5.32 Å². The molecule has 1 fully saturated rings. The van der Waals surface area contributed by atoms with Crippen molar-refractivity contribution < 1.29 is 27.6 Å². The maximum absolute atomic E-state index is 13.2. The third-order valence-corrected chi connectivity index (χ3v) is 4.72. The van der Waals surface area contributed by atoms with E-state index in [9.17, 15) is 14.0 Å². The van der Waals surface area contributed by atoms with Gasteiger partial charge in [0.2, 0.25) is 11.7 Å². The summed E-state index contributed by atoms with van der Waals surface area (Å²) in [7, 11) is 2.84. The third kappa shape index (κ3) is 3.79. The molecule has 12 heteroatoms. The third-order valence-electron chi connectivity index (χ3n) is 4.72. The van der Waals surface area contributed by atoms with E-state index in [2.05, 4.69) is 25.7 Å². The van der Waals surface area contributed by atoms with Crippen molar-refractivity contribution in [1.82, 2.24) is 24.9 Å². The molecule has 1 aliphatic rings. The molecule has 3 heterocycles. The lowest BCUT2D eigenvalue weighted by Crippen LogP contribution is -2.21. The number of hydrogen-bond acceptors (Lipinski definition) is 8. The molecule has 2 amide bonds. The summed E-state index contributed by atoms with van der Waals surface area (Å²) in [5, 5.41) is 11.6. The van der Waals surface area contributed by atoms with E-state index in [4.69, 9.17) is 13.6 Å². The van der Waals surface area contributed by atoms with Crippen LogP contribution in [-0.4, -0.2) is 58.8 Å². The Morgan fingerprint density at radius 3 is 2.74 bits per heavy atom. The highest BCUT2D eigenvalue weighted by Crippen LogP contribution is 2.37. The van der Waals surface area contributed by atoms with Crippen molar-refractivity contribution in [3.8, 4) is 11.6 Å². The number of nitrogens with zero attached hydrogens (tertiary/aromatic N) is 4. The van der Waals surface area contributed by atoms with Crippen molar-refractivity contribution in [3.63, 3.8) is 0 Å². The summed E-state index contributed by atoms with van der Waals surface area (Å²) in [5.41, 5.74) is 0.753. The Morgan fingerprint density at radius 1 is 1.26 bits per heavy atom. The van der Waals surface area contributed by atoms with Gasteiger partial charge in [-0.3, -0.25) is 9.59 Å². The number of fused-ring (bicyclic) bond motifs is 1. The lowest BCUT2D eigenvalue weighted by atomic mass is 10.2. The fourth-order valence-electron chi connectivity index (χ4n) is 3.04. The standard InChI is InChI=1S/C19H20FN7O4/c1-21-17(28)10-6-22-14(26-18(29)9-4-11(9)20)5-12(10)25-13-7-24-27-8-23-19(31-3)16(30-2)15(13)27/h5-9,11H,4H2,1-3H3,(H,21,28)(H2,22,25,26,29)/t9-,11+/m1/s1/i1D3. The highest BCUT2D eigenvalue weighted by atomic mass is 19.1. The number of carbonyl (C=O) groups is 2. The summed E-state index contributed by atoms with van der Waals surface area (Å²) in [6.07, 6.45) is 2.86. The summed E-state index contributed by atoms with van der Waals surface area (Å²) in [4.78, 5) is 32.9. The van der Waals surface area contributed by atoms with Crippen LogP contribution < -0.4 is 25.4 Å². The Balaban J connectivity index is 1.74. The van der Waals surface area contributed by atoms with Gasteiger partial charge in [0.15, 0.2) is 0 Å². The van der Waals surface area contributed by atoms with Crippen LogP contribution in [0.5, 0.6) is 11.6 Å². The highest BCUT2D eigenvalue weighted by molar-refractivity contribution is 6.02. The van der Waals surface area contributed by atoms with E-state index in [-0.39, 0.29) is 35.1 Å². The largest absolute Gasteiger partial charge is 0.490 e. The highest BCUT2D eigenvalue weighted by Gasteiger charge is 2.43. The minimum atomic E-state index is -2.74. The molecular weight excluding hydrogens is 409 g/mol. The van der Waals surface area contributed by atoms with Crippen LogP contribution in [-0.2, 0) is 4.79 Å². The predicted octanol–water partition coefficient (Wildman–Crippen LogP) is 1.54. The quantitative estimate of drug-likeness (QED) is 0.512. The lowest BCUT2D eigenvalue weighted by Gasteiger charge is -2.14. The number of amides is 2. The minimum absolute atomic E-state index is 0.0414. The molecule has 4 rings (SSSR count). The molecule has 1 aliphatic carbocycles. The number of hydrogen-bond donors (Lipinski definition) is 3. The first kappa shape index (κ1) is 16.8. The smallest absolute Gasteiger partial charge is 0.260 e. The zero-order valence-electron chi connectivity index (χ0n) is 19.5. The fraction of sp³-hybridized carbons (Fsp3) is 0.316. The molecule has 3 aromatic rings. The number of halogens is 1. The molecule has 0 aromatic carbocycles. The maximum Gasteiger partial charge on any atom is 0.260 e. The van der Waals surface area contributed by atoms with Gasteiger partial charge >= 0.3 is 0 Å².